The summed E-state index contributed by atoms with van der Waals surface area (Å²) in [5.74, 6) is -1.64. The molecule has 1 fully saturated rings. The number of hydrogen-bond donors (Lipinski definition) is 2. The highest BCUT2D eigenvalue weighted by Gasteiger charge is 2.35. The molecule has 5 nitrogen and oxygen atoms in total. The summed E-state index contributed by atoms with van der Waals surface area (Å²) in [6.45, 7) is 1.91. The molecule has 0 aliphatic heterocycles. The minimum absolute atomic E-state index is 0.231. The fourth-order valence-electron chi connectivity index (χ4n) is 2.56. The fourth-order valence-corrected chi connectivity index (χ4v) is 2.56. The SMILES string of the molecule is Cc1ccnc(NC(=O)[C@@H]2CCCC[C@H]2C(=O)O)c1. The van der Waals surface area contributed by atoms with E-state index in [0.717, 1.165) is 18.4 Å². The number of nitrogens with one attached hydrogen (secondary N) is 1. The molecule has 5 heteroatoms. The molecule has 0 radical (unpaired) electrons. The maximum atomic E-state index is 12.2. The molecule has 0 unspecified atom stereocenters. The standard InChI is InChI=1S/C14H18N2O3/c1-9-6-7-15-12(8-9)16-13(17)10-4-2-3-5-11(10)14(18)19/h6-8,10-11H,2-5H2,1H3,(H,18,19)(H,15,16,17)/t10-,11-/m1/s1. The molecule has 2 N–H and O–H groups in total. The molecule has 1 aliphatic carbocycles. The maximum Gasteiger partial charge on any atom is 0.307 e. The van der Waals surface area contributed by atoms with Gasteiger partial charge in [0.25, 0.3) is 0 Å². The van der Waals surface area contributed by atoms with Crippen LogP contribution < -0.4 is 5.32 Å². The first kappa shape index (κ1) is 13.5. The Hall–Kier alpha value is -1.91. The molecule has 1 aliphatic rings. The van der Waals surface area contributed by atoms with E-state index in [4.69, 9.17) is 0 Å². The first-order valence-electron chi connectivity index (χ1n) is 6.54. The number of hydrogen-bond acceptors (Lipinski definition) is 3. The summed E-state index contributed by atoms with van der Waals surface area (Å²) in [6.07, 6.45) is 4.62. The van der Waals surface area contributed by atoms with Gasteiger partial charge in [-0.2, -0.15) is 0 Å². The molecule has 0 aromatic carbocycles. The highest BCUT2D eigenvalue weighted by Crippen LogP contribution is 2.31. The van der Waals surface area contributed by atoms with Crippen LogP contribution in [0.1, 0.15) is 31.2 Å². The summed E-state index contributed by atoms with van der Waals surface area (Å²) >= 11 is 0. The number of carboxylic acid groups (broad SMARTS) is 1. The van der Waals surface area contributed by atoms with E-state index in [0.29, 0.717) is 18.7 Å². The van der Waals surface area contributed by atoms with E-state index in [-0.39, 0.29) is 5.91 Å². The van der Waals surface area contributed by atoms with Gasteiger partial charge < -0.3 is 10.4 Å². The molecule has 2 rings (SSSR count). The Kier molecular flexibility index (Phi) is 4.14. The highest BCUT2D eigenvalue weighted by molar-refractivity contribution is 5.94. The number of amides is 1. The minimum atomic E-state index is -0.878. The van der Waals surface area contributed by atoms with Crippen molar-refractivity contribution >= 4 is 17.7 Å². The number of anilines is 1. The van der Waals surface area contributed by atoms with Gasteiger partial charge in [0.2, 0.25) is 5.91 Å². The van der Waals surface area contributed by atoms with Gasteiger partial charge in [0.15, 0.2) is 0 Å². The lowest BCUT2D eigenvalue weighted by Crippen LogP contribution is -2.36. The molecule has 1 heterocycles. The smallest absolute Gasteiger partial charge is 0.307 e. The molecule has 1 saturated carbocycles. The first-order chi connectivity index (χ1) is 9.08. The van der Waals surface area contributed by atoms with Crippen molar-refractivity contribution in [1.29, 1.82) is 0 Å². The molecule has 0 spiro atoms. The van der Waals surface area contributed by atoms with E-state index in [1.165, 1.54) is 0 Å². The Morgan fingerprint density at radius 2 is 2.00 bits per heavy atom. The van der Waals surface area contributed by atoms with Crippen LogP contribution in [0.25, 0.3) is 0 Å². The predicted octanol–water partition coefficient (Wildman–Crippen LogP) is 2.22. The van der Waals surface area contributed by atoms with Gasteiger partial charge in [-0.25, -0.2) is 4.98 Å². The van der Waals surface area contributed by atoms with Crippen LogP contribution in [0.4, 0.5) is 5.82 Å². The normalized spacial score (nSPS) is 22.8. The Bertz CT molecular complexity index is 487. The summed E-state index contributed by atoms with van der Waals surface area (Å²) in [4.78, 5) is 27.4. The topological polar surface area (TPSA) is 79.3 Å². The lowest BCUT2D eigenvalue weighted by Gasteiger charge is -2.27. The third-order valence-corrected chi connectivity index (χ3v) is 3.59. The van der Waals surface area contributed by atoms with Gasteiger partial charge in [-0.3, -0.25) is 9.59 Å². The Balaban J connectivity index is 2.07. The molecule has 0 bridgehead atoms. The number of pyridine rings is 1. The van der Waals surface area contributed by atoms with Crippen molar-refractivity contribution in [3.63, 3.8) is 0 Å². The summed E-state index contributed by atoms with van der Waals surface area (Å²) < 4.78 is 0. The molecular weight excluding hydrogens is 244 g/mol. The van der Waals surface area contributed by atoms with Gasteiger partial charge in [-0.1, -0.05) is 12.8 Å². The van der Waals surface area contributed by atoms with E-state index >= 15 is 0 Å². The summed E-state index contributed by atoms with van der Waals surface area (Å²) in [5.41, 5.74) is 1.00. The molecule has 19 heavy (non-hydrogen) atoms. The van der Waals surface area contributed by atoms with E-state index in [9.17, 15) is 14.7 Å². The third kappa shape index (κ3) is 3.30. The second kappa shape index (κ2) is 5.82. The Morgan fingerprint density at radius 1 is 1.32 bits per heavy atom. The van der Waals surface area contributed by atoms with E-state index in [2.05, 4.69) is 10.3 Å². The van der Waals surface area contributed by atoms with E-state index in [1.54, 1.807) is 12.3 Å². The largest absolute Gasteiger partial charge is 0.481 e. The van der Waals surface area contributed by atoms with Crippen LogP contribution in [0.15, 0.2) is 18.3 Å². The summed E-state index contributed by atoms with van der Waals surface area (Å²) in [5, 5.41) is 11.9. The van der Waals surface area contributed by atoms with Crippen LogP contribution in [-0.4, -0.2) is 22.0 Å². The number of aromatic nitrogens is 1. The molecule has 1 amide bonds. The molecule has 1 aromatic heterocycles. The van der Waals surface area contributed by atoms with Crippen LogP contribution in [0, 0.1) is 18.8 Å². The van der Waals surface area contributed by atoms with Crippen molar-refractivity contribution in [1.82, 2.24) is 4.98 Å². The lowest BCUT2D eigenvalue weighted by molar-refractivity contribution is -0.147. The second-order valence-corrected chi connectivity index (χ2v) is 5.04. The average Bonchev–Trinajstić information content (AvgIpc) is 2.38. The number of nitrogens with zero attached hydrogens (tertiary/aromatic N) is 1. The number of carbonyl (C=O) groups excluding carboxylic acids is 1. The van der Waals surface area contributed by atoms with Crippen molar-refractivity contribution in [3.05, 3.63) is 23.9 Å². The predicted molar refractivity (Wildman–Crippen MR) is 70.7 cm³/mol. The molecule has 102 valence electrons. The van der Waals surface area contributed by atoms with E-state index in [1.807, 2.05) is 13.0 Å². The fraction of sp³-hybridized carbons (Fsp3) is 0.500. The third-order valence-electron chi connectivity index (χ3n) is 3.59. The molecular formula is C14H18N2O3. The second-order valence-electron chi connectivity index (χ2n) is 5.04. The van der Waals surface area contributed by atoms with Crippen LogP contribution in [0.2, 0.25) is 0 Å². The first-order valence-corrected chi connectivity index (χ1v) is 6.54. The van der Waals surface area contributed by atoms with Gasteiger partial charge in [-0.05, 0) is 37.5 Å². The Labute approximate surface area is 112 Å². The van der Waals surface area contributed by atoms with Gasteiger partial charge in [0.05, 0.1) is 11.8 Å². The minimum Gasteiger partial charge on any atom is -0.481 e. The highest BCUT2D eigenvalue weighted by atomic mass is 16.4. The Morgan fingerprint density at radius 3 is 2.63 bits per heavy atom. The van der Waals surface area contributed by atoms with Crippen LogP contribution in [0.5, 0.6) is 0 Å². The van der Waals surface area contributed by atoms with Crippen molar-refractivity contribution in [2.45, 2.75) is 32.6 Å². The van der Waals surface area contributed by atoms with Gasteiger partial charge in [0, 0.05) is 6.20 Å². The van der Waals surface area contributed by atoms with E-state index < -0.39 is 17.8 Å². The van der Waals surface area contributed by atoms with Crippen molar-refractivity contribution < 1.29 is 14.7 Å². The zero-order chi connectivity index (χ0) is 13.8. The average molecular weight is 262 g/mol. The quantitative estimate of drug-likeness (QED) is 0.875. The van der Waals surface area contributed by atoms with Crippen molar-refractivity contribution in [2.24, 2.45) is 11.8 Å². The summed E-state index contributed by atoms with van der Waals surface area (Å²) in [6, 6.07) is 3.62. The lowest BCUT2D eigenvalue weighted by atomic mass is 9.79. The van der Waals surface area contributed by atoms with Gasteiger partial charge in [-0.15, -0.1) is 0 Å². The maximum absolute atomic E-state index is 12.2. The summed E-state index contributed by atoms with van der Waals surface area (Å²) in [7, 11) is 0. The molecule has 2 atom stereocenters. The molecule has 1 aromatic rings. The van der Waals surface area contributed by atoms with Crippen molar-refractivity contribution in [2.75, 3.05) is 5.32 Å². The number of rotatable bonds is 3. The molecule has 0 saturated heterocycles. The zero-order valence-corrected chi connectivity index (χ0v) is 10.9. The zero-order valence-electron chi connectivity index (χ0n) is 10.9. The number of aliphatic carboxylic acids is 1. The van der Waals surface area contributed by atoms with Gasteiger partial charge in [0.1, 0.15) is 5.82 Å². The van der Waals surface area contributed by atoms with Crippen LogP contribution in [0.3, 0.4) is 0 Å². The number of carbonyl (C=O) groups is 2. The van der Waals surface area contributed by atoms with Crippen LogP contribution >= 0.6 is 0 Å². The van der Waals surface area contributed by atoms with Crippen molar-refractivity contribution in [3.8, 4) is 0 Å². The number of aryl methyl sites for hydroxylation is 1. The monoisotopic (exact) mass is 262 g/mol. The van der Waals surface area contributed by atoms with Gasteiger partial charge >= 0.3 is 5.97 Å². The van der Waals surface area contributed by atoms with Crippen LogP contribution in [-0.2, 0) is 9.59 Å². The number of carboxylic acids is 1.